The third-order valence-corrected chi connectivity index (χ3v) is 7.47. The van der Waals surface area contributed by atoms with E-state index in [1.807, 2.05) is 13.0 Å². The van der Waals surface area contributed by atoms with Crippen LogP contribution < -0.4 is 9.47 Å². The molecule has 0 atom stereocenters. The summed E-state index contributed by atoms with van der Waals surface area (Å²) < 4.78 is 17.7. The van der Waals surface area contributed by atoms with Gasteiger partial charge in [-0.1, -0.05) is 26.9 Å². The molecule has 1 rings (SSSR count). The quantitative estimate of drug-likeness (QED) is 0.640. The lowest BCUT2D eigenvalue weighted by Gasteiger charge is -2.28. The minimum absolute atomic E-state index is 0.270. The molecule has 0 amide bonds. The van der Waals surface area contributed by atoms with Crippen LogP contribution in [0.5, 0.6) is 11.5 Å². The second-order valence-electron chi connectivity index (χ2n) is 6.09. The van der Waals surface area contributed by atoms with Crippen molar-refractivity contribution in [1.29, 1.82) is 0 Å². The van der Waals surface area contributed by atoms with E-state index in [4.69, 9.17) is 14.2 Å². The predicted octanol–water partition coefficient (Wildman–Crippen LogP) is 4.83. The molecule has 0 aliphatic rings. The SMILES string of the molecule is COc1c(Br)cc(COCC(C)(C)[Si](C)C)c(C)c1OC. The van der Waals surface area contributed by atoms with Gasteiger partial charge in [-0.15, -0.1) is 0 Å². The van der Waals surface area contributed by atoms with Crippen LogP contribution in [0.25, 0.3) is 0 Å². The standard InChI is InChI=1S/C16H26BrO3Si/c1-11-12(9-20-10-16(2,3)21(6)7)8-13(17)15(19-5)14(11)18-4/h8H,9-10H2,1-7H3. The fraction of sp³-hybridized carbons (Fsp3) is 0.625. The first-order chi connectivity index (χ1) is 9.74. The summed E-state index contributed by atoms with van der Waals surface area (Å²) in [6.07, 6.45) is 0. The van der Waals surface area contributed by atoms with E-state index in [1.165, 1.54) is 0 Å². The Morgan fingerprint density at radius 3 is 2.19 bits per heavy atom. The van der Waals surface area contributed by atoms with E-state index < -0.39 is 0 Å². The molecule has 0 spiro atoms. The van der Waals surface area contributed by atoms with Crippen molar-refractivity contribution in [2.75, 3.05) is 20.8 Å². The Bertz CT molecular complexity index is 487. The number of hydrogen-bond donors (Lipinski definition) is 0. The number of benzene rings is 1. The zero-order valence-electron chi connectivity index (χ0n) is 14.1. The lowest BCUT2D eigenvalue weighted by atomic mass is 10.1. The Labute approximate surface area is 138 Å². The van der Waals surface area contributed by atoms with E-state index in [1.54, 1.807) is 14.2 Å². The third-order valence-electron chi connectivity index (χ3n) is 4.03. The molecule has 0 aromatic heterocycles. The molecule has 21 heavy (non-hydrogen) atoms. The van der Waals surface area contributed by atoms with E-state index in [2.05, 4.69) is 42.9 Å². The molecule has 0 N–H and O–H groups in total. The molecule has 0 fully saturated rings. The fourth-order valence-electron chi connectivity index (χ4n) is 1.90. The van der Waals surface area contributed by atoms with Crippen molar-refractivity contribution in [1.82, 2.24) is 0 Å². The van der Waals surface area contributed by atoms with Gasteiger partial charge in [-0.2, -0.15) is 0 Å². The molecule has 119 valence electrons. The highest BCUT2D eigenvalue weighted by atomic mass is 79.9. The van der Waals surface area contributed by atoms with E-state index in [0.29, 0.717) is 6.61 Å². The van der Waals surface area contributed by atoms with Crippen LogP contribution in [-0.4, -0.2) is 29.6 Å². The van der Waals surface area contributed by atoms with Gasteiger partial charge in [-0.05, 0) is 39.5 Å². The summed E-state index contributed by atoms with van der Waals surface area (Å²) >= 11 is 3.53. The molecule has 3 nitrogen and oxygen atoms in total. The maximum Gasteiger partial charge on any atom is 0.175 e. The van der Waals surface area contributed by atoms with Crippen LogP contribution in [0.3, 0.4) is 0 Å². The summed E-state index contributed by atoms with van der Waals surface area (Å²) in [6, 6.07) is 2.05. The van der Waals surface area contributed by atoms with Crippen LogP contribution in [0.1, 0.15) is 25.0 Å². The predicted molar refractivity (Wildman–Crippen MR) is 93.2 cm³/mol. The lowest BCUT2D eigenvalue weighted by molar-refractivity contribution is 0.100. The molecule has 0 unspecified atom stereocenters. The Morgan fingerprint density at radius 2 is 1.71 bits per heavy atom. The molecule has 0 saturated heterocycles. The maximum absolute atomic E-state index is 5.96. The van der Waals surface area contributed by atoms with Gasteiger partial charge in [0, 0.05) is 12.2 Å². The van der Waals surface area contributed by atoms with Gasteiger partial charge in [0.25, 0.3) is 0 Å². The van der Waals surface area contributed by atoms with Crippen LogP contribution in [0.2, 0.25) is 18.1 Å². The van der Waals surface area contributed by atoms with Gasteiger partial charge in [0.15, 0.2) is 11.5 Å². The smallest absolute Gasteiger partial charge is 0.175 e. The zero-order chi connectivity index (χ0) is 16.2. The van der Waals surface area contributed by atoms with Crippen LogP contribution in [-0.2, 0) is 11.3 Å². The second-order valence-corrected chi connectivity index (χ2v) is 10.3. The molecule has 0 heterocycles. The van der Waals surface area contributed by atoms with E-state index in [0.717, 1.165) is 33.7 Å². The van der Waals surface area contributed by atoms with Gasteiger partial charge in [0.1, 0.15) is 0 Å². The van der Waals surface area contributed by atoms with Crippen molar-refractivity contribution in [3.05, 3.63) is 21.7 Å². The summed E-state index contributed by atoms with van der Waals surface area (Å²) in [4.78, 5) is 0. The summed E-state index contributed by atoms with van der Waals surface area (Å²) in [5.41, 5.74) is 2.19. The summed E-state index contributed by atoms with van der Waals surface area (Å²) in [5, 5.41) is 0.270. The number of rotatable bonds is 7. The van der Waals surface area contributed by atoms with Gasteiger partial charge in [-0.25, -0.2) is 0 Å². The minimum Gasteiger partial charge on any atom is -0.493 e. The molecule has 0 aliphatic carbocycles. The van der Waals surface area contributed by atoms with Gasteiger partial charge >= 0.3 is 0 Å². The molecule has 1 radical (unpaired) electrons. The van der Waals surface area contributed by atoms with Gasteiger partial charge in [0.05, 0.1) is 34.1 Å². The third kappa shape index (κ3) is 4.47. The van der Waals surface area contributed by atoms with Crippen molar-refractivity contribution in [2.45, 2.75) is 45.5 Å². The summed E-state index contributed by atoms with van der Waals surface area (Å²) in [5.74, 6) is 1.49. The normalized spacial score (nSPS) is 11.9. The van der Waals surface area contributed by atoms with Gasteiger partial charge < -0.3 is 14.2 Å². The van der Waals surface area contributed by atoms with Crippen molar-refractivity contribution < 1.29 is 14.2 Å². The number of methoxy groups -OCH3 is 2. The molecule has 0 aliphatic heterocycles. The van der Waals surface area contributed by atoms with Crippen LogP contribution in [0.15, 0.2) is 10.5 Å². The highest BCUT2D eigenvalue weighted by Gasteiger charge is 2.24. The minimum atomic E-state index is -0.385. The molecule has 0 saturated carbocycles. The van der Waals surface area contributed by atoms with Gasteiger partial charge in [0.2, 0.25) is 0 Å². The largest absolute Gasteiger partial charge is 0.493 e. The van der Waals surface area contributed by atoms with Gasteiger partial charge in [-0.3, -0.25) is 0 Å². The molecule has 1 aromatic rings. The first-order valence-electron chi connectivity index (χ1n) is 7.03. The zero-order valence-corrected chi connectivity index (χ0v) is 16.7. The molecule has 5 heteroatoms. The Hall–Kier alpha value is -0.523. The van der Waals surface area contributed by atoms with E-state index >= 15 is 0 Å². The maximum atomic E-state index is 5.96. The Morgan fingerprint density at radius 1 is 1.14 bits per heavy atom. The Kier molecular flexibility index (Phi) is 6.75. The summed E-state index contributed by atoms with van der Waals surface area (Å²) in [6.45, 7) is 12.6. The molecular formula is C16H26BrO3Si. The fourth-order valence-corrected chi connectivity index (χ4v) is 2.91. The van der Waals surface area contributed by atoms with Crippen LogP contribution >= 0.6 is 15.9 Å². The van der Waals surface area contributed by atoms with Crippen LogP contribution in [0, 0.1) is 6.92 Å². The van der Waals surface area contributed by atoms with Crippen LogP contribution in [0.4, 0.5) is 0 Å². The second kappa shape index (κ2) is 7.65. The number of halogens is 1. The van der Waals surface area contributed by atoms with Crippen molar-refractivity contribution in [3.8, 4) is 11.5 Å². The highest BCUT2D eigenvalue weighted by molar-refractivity contribution is 9.10. The topological polar surface area (TPSA) is 27.7 Å². The Balaban J connectivity index is 2.88. The van der Waals surface area contributed by atoms with Crippen molar-refractivity contribution in [3.63, 3.8) is 0 Å². The lowest BCUT2D eigenvalue weighted by Crippen LogP contribution is -2.26. The van der Waals surface area contributed by atoms with Crippen molar-refractivity contribution in [2.24, 2.45) is 0 Å². The molecular weight excluding hydrogens is 348 g/mol. The first kappa shape index (κ1) is 18.5. The van der Waals surface area contributed by atoms with E-state index in [9.17, 15) is 0 Å². The monoisotopic (exact) mass is 373 g/mol. The van der Waals surface area contributed by atoms with Crippen molar-refractivity contribution >= 4 is 24.7 Å². The first-order valence-corrected chi connectivity index (χ1v) is 10.3. The number of ether oxygens (including phenoxy) is 3. The molecule has 1 aromatic carbocycles. The number of hydrogen-bond acceptors (Lipinski definition) is 3. The highest BCUT2D eigenvalue weighted by Crippen LogP contribution is 2.40. The average molecular weight is 374 g/mol. The summed E-state index contributed by atoms with van der Waals surface area (Å²) in [7, 11) is 2.92. The van der Waals surface area contributed by atoms with E-state index in [-0.39, 0.29) is 13.8 Å². The molecule has 0 bridgehead atoms. The average Bonchev–Trinajstić information content (AvgIpc) is 2.41.